The molecule has 1 aliphatic carbocycles. The quantitative estimate of drug-likeness (QED) is 0.868. The van der Waals surface area contributed by atoms with E-state index in [9.17, 15) is 9.90 Å². The van der Waals surface area contributed by atoms with E-state index < -0.39 is 0 Å². The topological polar surface area (TPSA) is 49.8 Å². The molecule has 0 radical (unpaired) electrons. The van der Waals surface area contributed by atoms with Crippen LogP contribution in [0.25, 0.3) is 0 Å². The Bertz CT molecular complexity index is 455. The predicted molar refractivity (Wildman–Crippen MR) is 77.9 cm³/mol. The largest absolute Gasteiger partial charge is 0.494 e. The summed E-state index contributed by atoms with van der Waals surface area (Å²) in [6, 6.07) is 7.32. The molecular weight excluding hydrogens is 254 g/mol. The summed E-state index contributed by atoms with van der Waals surface area (Å²) in [6.45, 7) is 3.42. The first-order valence-electron chi connectivity index (χ1n) is 7.26. The van der Waals surface area contributed by atoms with E-state index in [2.05, 4.69) is 6.92 Å². The molecule has 1 aliphatic rings. The summed E-state index contributed by atoms with van der Waals surface area (Å²) in [6.07, 6.45) is 2.38. The molecule has 2 rings (SSSR count). The fourth-order valence-electron chi connectivity index (χ4n) is 2.48. The second kappa shape index (κ2) is 6.75. The van der Waals surface area contributed by atoms with E-state index in [0.29, 0.717) is 24.6 Å². The van der Waals surface area contributed by atoms with Crippen LogP contribution in [-0.2, 0) is 0 Å². The lowest BCUT2D eigenvalue weighted by Crippen LogP contribution is -2.39. The molecule has 4 nitrogen and oxygen atoms in total. The summed E-state index contributed by atoms with van der Waals surface area (Å²) >= 11 is 0. The minimum absolute atomic E-state index is 0.00772. The van der Waals surface area contributed by atoms with Crippen LogP contribution in [0, 0.1) is 5.92 Å². The van der Waals surface area contributed by atoms with Crippen molar-refractivity contribution >= 4 is 5.91 Å². The van der Waals surface area contributed by atoms with Crippen molar-refractivity contribution in [3.8, 4) is 5.75 Å². The van der Waals surface area contributed by atoms with E-state index in [1.807, 2.05) is 25.2 Å². The molecule has 1 aromatic rings. The van der Waals surface area contributed by atoms with Gasteiger partial charge < -0.3 is 14.7 Å². The van der Waals surface area contributed by atoms with Gasteiger partial charge in [0.15, 0.2) is 0 Å². The van der Waals surface area contributed by atoms with Crippen molar-refractivity contribution in [3.05, 3.63) is 29.8 Å². The highest BCUT2D eigenvalue weighted by Gasteiger charge is 2.29. The van der Waals surface area contributed by atoms with Crippen LogP contribution in [0.4, 0.5) is 0 Å². The maximum absolute atomic E-state index is 12.3. The number of ether oxygens (including phenoxy) is 1. The lowest BCUT2D eigenvalue weighted by molar-refractivity contribution is 0.0265. The number of carbonyl (C=O) groups excluding carboxylic acids is 1. The third kappa shape index (κ3) is 3.73. The van der Waals surface area contributed by atoms with Crippen molar-refractivity contribution in [2.45, 2.75) is 32.3 Å². The van der Waals surface area contributed by atoms with Crippen molar-refractivity contribution in [2.75, 3.05) is 20.2 Å². The highest BCUT2D eigenvalue weighted by molar-refractivity contribution is 5.94. The number of aliphatic hydroxyl groups is 1. The Labute approximate surface area is 120 Å². The number of rotatable bonds is 6. The normalized spacial score (nSPS) is 21.1. The zero-order chi connectivity index (χ0) is 14.5. The van der Waals surface area contributed by atoms with E-state index in [1.54, 1.807) is 11.0 Å². The van der Waals surface area contributed by atoms with Crippen LogP contribution < -0.4 is 4.74 Å². The zero-order valence-corrected chi connectivity index (χ0v) is 12.2. The van der Waals surface area contributed by atoms with Gasteiger partial charge >= 0.3 is 0 Å². The van der Waals surface area contributed by atoms with Gasteiger partial charge in [-0.2, -0.15) is 0 Å². The van der Waals surface area contributed by atoms with Crippen molar-refractivity contribution in [1.29, 1.82) is 0 Å². The number of hydrogen-bond acceptors (Lipinski definition) is 3. The van der Waals surface area contributed by atoms with Gasteiger partial charge in [0, 0.05) is 19.2 Å². The summed E-state index contributed by atoms with van der Waals surface area (Å²) in [5.41, 5.74) is 0.654. The Morgan fingerprint density at radius 3 is 2.85 bits per heavy atom. The maximum atomic E-state index is 12.3. The zero-order valence-electron chi connectivity index (χ0n) is 12.2. The minimum Gasteiger partial charge on any atom is -0.494 e. The van der Waals surface area contributed by atoms with Gasteiger partial charge in [-0.05, 0) is 43.4 Å². The first-order chi connectivity index (χ1) is 9.60. The fraction of sp³-hybridized carbons (Fsp3) is 0.562. The van der Waals surface area contributed by atoms with E-state index in [-0.39, 0.29) is 12.0 Å². The Morgan fingerprint density at radius 1 is 1.45 bits per heavy atom. The minimum atomic E-state index is -0.172. The fourth-order valence-corrected chi connectivity index (χ4v) is 2.48. The molecule has 1 aromatic carbocycles. The Morgan fingerprint density at radius 2 is 2.20 bits per heavy atom. The second-order valence-electron chi connectivity index (χ2n) is 5.55. The van der Waals surface area contributed by atoms with Gasteiger partial charge in [-0.15, -0.1) is 0 Å². The Kier molecular flexibility index (Phi) is 5.01. The second-order valence-corrected chi connectivity index (χ2v) is 5.55. The van der Waals surface area contributed by atoms with Crippen molar-refractivity contribution < 1.29 is 14.6 Å². The third-order valence-electron chi connectivity index (χ3n) is 3.64. The molecule has 0 atom stereocenters. The molecule has 20 heavy (non-hydrogen) atoms. The summed E-state index contributed by atoms with van der Waals surface area (Å²) < 4.78 is 5.55. The van der Waals surface area contributed by atoms with Crippen LogP contribution in [0.1, 0.15) is 36.5 Å². The van der Waals surface area contributed by atoms with Crippen LogP contribution >= 0.6 is 0 Å². The van der Waals surface area contributed by atoms with Gasteiger partial charge in [-0.1, -0.05) is 13.0 Å². The number of hydrogen-bond donors (Lipinski definition) is 1. The number of benzene rings is 1. The predicted octanol–water partition coefficient (Wildman–Crippen LogP) is 2.32. The van der Waals surface area contributed by atoms with Gasteiger partial charge in [0.2, 0.25) is 0 Å². The molecule has 0 bridgehead atoms. The van der Waals surface area contributed by atoms with Gasteiger partial charge in [0.1, 0.15) is 5.75 Å². The first-order valence-corrected chi connectivity index (χ1v) is 7.26. The van der Waals surface area contributed by atoms with Crippen LogP contribution in [0.3, 0.4) is 0 Å². The molecule has 1 amide bonds. The molecule has 1 saturated carbocycles. The summed E-state index contributed by atoms with van der Waals surface area (Å²) in [5.74, 6) is 1.18. The van der Waals surface area contributed by atoms with Crippen molar-refractivity contribution in [2.24, 2.45) is 5.92 Å². The molecule has 4 heteroatoms. The lowest BCUT2D eigenvalue weighted by atomic mass is 9.82. The highest BCUT2D eigenvalue weighted by Crippen LogP contribution is 2.28. The van der Waals surface area contributed by atoms with Crippen LogP contribution in [0.15, 0.2) is 24.3 Å². The van der Waals surface area contributed by atoms with Crippen LogP contribution in [0.2, 0.25) is 0 Å². The Balaban J connectivity index is 1.93. The smallest absolute Gasteiger partial charge is 0.253 e. The Hall–Kier alpha value is -1.55. The number of amides is 1. The van der Waals surface area contributed by atoms with Gasteiger partial charge in [-0.3, -0.25) is 4.79 Å². The average Bonchev–Trinajstić information content (AvgIpc) is 2.42. The molecule has 0 spiro atoms. The maximum Gasteiger partial charge on any atom is 0.253 e. The van der Waals surface area contributed by atoms with Crippen molar-refractivity contribution in [3.63, 3.8) is 0 Å². The summed E-state index contributed by atoms with van der Waals surface area (Å²) in [4.78, 5) is 14.1. The molecule has 0 heterocycles. The number of aliphatic hydroxyl groups excluding tert-OH is 1. The number of nitrogens with zero attached hydrogens (tertiary/aromatic N) is 1. The molecule has 110 valence electrons. The molecule has 0 unspecified atom stereocenters. The van der Waals surface area contributed by atoms with Gasteiger partial charge in [0.05, 0.1) is 12.7 Å². The summed E-state index contributed by atoms with van der Waals surface area (Å²) in [7, 11) is 1.81. The number of carbonyl (C=O) groups is 1. The SMILES string of the molecule is CCCOc1cccc(C(=O)N(C)CC2CC(O)C2)c1. The highest BCUT2D eigenvalue weighted by atomic mass is 16.5. The van der Waals surface area contributed by atoms with E-state index in [1.165, 1.54) is 0 Å². The van der Waals surface area contributed by atoms with Crippen LogP contribution in [0.5, 0.6) is 5.75 Å². The monoisotopic (exact) mass is 277 g/mol. The molecule has 0 aromatic heterocycles. The van der Waals surface area contributed by atoms with E-state index in [4.69, 9.17) is 4.74 Å². The summed E-state index contributed by atoms with van der Waals surface area (Å²) in [5, 5.41) is 9.29. The van der Waals surface area contributed by atoms with Crippen molar-refractivity contribution in [1.82, 2.24) is 4.90 Å². The first kappa shape index (κ1) is 14.9. The molecule has 0 saturated heterocycles. The molecular formula is C16H23NO3. The molecule has 0 aliphatic heterocycles. The van der Waals surface area contributed by atoms with Crippen LogP contribution in [-0.4, -0.2) is 42.2 Å². The molecule has 1 fully saturated rings. The van der Waals surface area contributed by atoms with E-state index in [0.717, 1.165) is 25.0 Å². The lowest BCUT2D eigenvalue weighted by Gasteiger charge is -2.34. The van der Waals surface area contributed by atoms with Gasteiger partial charge in [0.25, 0.3) is 5.91 Å². The molecule has 1 N–H and O–H groups in total. The average molecular weight is 277 g/mol. The third-order valence-corrected chi connectivity index (χ3v) is 3.64. The van der Waals surface area contributed by atoms with E-state index >= 15 is 0 Å². The van der Waals surface area contributed by atoms with Gasteiger partial charge in [-0.25, -0.2) is 0 Å². The standard InChI is InChI=1S/C16H23NO3/c1-3-7-20-15-6-4-5-13(10-15)16(19)17(2)11-12-8-14(18)9-12/h4-6,10,12,14,18H,3,7-9,11H2,1-2H3.